The lowest BCUT2D eigenvalue weighted by Crippen LogP contribution is -2.53. The van der Waals surface area contributed by atoms with Crippen LogP contribution in [0.4, 0.5) is 10.5 Å². The number of amides is 3. The molecule has 0 spiro atoms. The van der Waals surface area contributed by atoms with Gasteiger partial charge in [-0.05, 0) is 30.5 Å². The van der Waals surface area contributed by atoms with Crippen molar-refractivity contribution < 1.29 is 18.0 Å². The Morgan fingerprint density at radius 1 is 1.35 bits per heavy atom. The lowest BCUT2D eigenvalue weighted by molar-refractivity contribution is -0.119. The van der Waals surface area contributed by atoms with E-state index in [0.717, 1.165) is 4.47 Å². The Morgan fingerprint density at radius 3 is 2.65 bits per heavy atom. The lowest BCUT2D eigenvalue weighted by Gasteiger charge is -2.24. The molecule has 0 aliphatic carbocycles. The SMILES string of the molecule is CC[C@@H](C)[C@H](NC(=O)NC1CCS(=O)(=O)C1)C(=O)Nc1cccc(Br)c1. The number of carbonyl (C=O) groups excluding carboxylic acids is 2. The van der Waals surface area contributed by atoms with Gasteiger partial charge in [-0.3, -0.25) is 4.79 Å². The van der Waals surface area contributed by atoms with Gasteiger partial charge in [-0.15, -0.1) is 0 Å². The van der Waals surface area contributed by atoms with Crippen LogP contribution in [0, 0.1) is 5.92 Å². The Labute approximate surface area is 162 Å². The third-order valence-electron chi connectivity index (χ3n) is 4.44. The molecule has 1 heterocycles. The highest BCUT2D eigenvalue weighted by Crippen LogP contribution is 2.17. The number of benzene rings is 1. The molecule has 2 rings (SSSR count). The van der Waals surface area contributed by atoms with Gasteiger partial charge in [0.1, 0.15) is 6.04 Å². The van der Waals surface area contributed by atoms with Crippen LogP contribution >= 0.6 is 15.9 Å². The van der Waals surface area contributed by atoms with Crippen LogP contribution in [0.15, 0.2) is 28.7 Å². The standard InChI is InChI=1S/C17H24BrN3O4S/c1-3-11(2)15(16(22)19-13-6-4-5-12(18)9-13)21-17(23)20-14-7-8-26(24,25)10-14/h4-6,9,11,14-15H,3,7-8,10H2,1-2H3,(H,19,22)(H2,20,21,23)/t11-,14?,15+/m1/s1. The van der Waals surface area contributed by atoms with E-state index in [4.69, 9.17) is 0 Å². The maximum atomic E-state index is 12.6. The molecular formula is C17H24BrN3O4S. The molecule has 3 atom stereocenters. The molecule has 1 aliphatic rings. The topological polar surface area (TPSA) is 104 Å². The summed E-state index contributed by atoms with van der Waals surface area (Å²) in [5.74, 6) is -0.374. The highest BCUT2D eigenvalue weighted by atomic mass is 79.9. The number of carbonyl (C=O) groups is 2. The maximum Gasteiger partial charge on any atom is 0.315 e. The van der Waals surface area contributed by atoms with E-state index in [2.05, 4.69) is 31.9 Å². The summed E-state index contributed by atoms with van der Waals surface area (Å²) in [7, 11) is -3.08. The normalized spacial score (nSPS) is 20.8. The second-order valence-corrected chi connectivity index (χ2v) is 9.72. The number of rotatable bonds is 6. The summed E-state index contributed by atoms with van der Waals surface area (Å²) in [5, 5.41) is 8.15. The molecule has 1 saturated heterocycles. The predicted molar refractivity (Wildman–Crippen MR) is 105 cm³/mol. The minimum absolute atomic E-state index is 0.0569. The maximum absolute atomic E-state index is 12.6. The van der Waals surface area contributed by atoms with Crippen LogP contribution in [0.1, 0.15) is 26.7 Å². The Bertz CT molecular complexity index is 769. The number of halogens is 1. The summed E-state index contributed by atoms with van der Waals surface area (Å²) in [6.07, 6.45) is 1.10. The van der Waals surface area contributed by atoms with Crippen LogP contribution in [-0.2, 0) is 14.6 Å². The van der Waals surface area contributed by atoms with Gasteiger partial charge in [0.25, 0.3) is 0 Å². The van der Waals surface area contributed by atoms with Crippen molar-refractivity contribution in [2.45, 2.75) is 38.8 Å². The fraction of sp³-hybridized carbons (Fsp3) is 0.529. The van der Waals surface area contributed by atoms with Gasteiger partial charge in [0.2, 0.25) is 5.91 Å². The van der Waals surface area contributed by atoms with Gasteiger partial charge in [0.05, 0.1) is 11.5 Å². The van der Waals surface area contributed by atoms with E-state index < -0.39 is 28.0 Å². The third kappa shape index (κ3) is 5.98. The van der Waals surface area contributed by atoms with Crippen molar-refractivity contribution >= 4 is 43.4 Å². The van der Waals surface area contributed by atoms with Gasteiger partial charge < -0.3 is 16.0 Å². The van der Waals surface area contributed by atoms with E-state index in [1.165, 1.54) is 0 Å². The first-order valence-corrected chi connectivity index (χ1v) is 11.2. The zero-order valence-corrected chi connectivity index (χ0v) is 17.2. The quantitative estimate of drug-likeness (QED) is 0.624. The van der Waals surface area contributed by atoms with Crippen molar-refractivity contribution in [1.29, 1.82) is 0 Å². The van der Waals surface area contributed by atoms with E-state index in [9.17, 15) is 18.0 Å². The van der Waals surface area contributed by atoms with E-state index in [1.807, 2.05) is 19.9 Å². The third-order valence-corrected chi connectivity index (χ3v) is 6.70. The zero-order valence-electron chi connectivity index (χ0n) is 14.8. The Hall–Kier alpha value is -1.61. The van der Waals surface area contributed by atoms with Gasteiger partial charge in [0.15, 0.2) is 9.84 Å². The van der Waals surface area contributed by atoms with E-state index >= 15 is 0 Å². The lowest BCUT2D eigenvalue weighted by atomic mass is 9.98. The molecule has 0 radical (unpaired) electrons. The number of anilines is 1. The number of nitrogens with one attached hydrogen (secondary N) is 3. The molecule has 1 fully saturated rings. The van der Waals surface area contributed by atoms with Crippen molar-refractivity contribution in [2.24, 2.45) is 5.92 Å². The summed E-state index contributed by atoms with van der Waals surface area (Å²) in [4.78, 5) is 24.9. The van der Waals surface area contributed by atoms with Crippen molar-refractivity contribution in [1.82, 2.24) is 10.6 Å². The molecule has 9 heteroatoms. The van der Waals surface area contributed by atoms with Crippen LogP contribution < -0.4 is 16.0 Å². The van der Waals surface area contributed by atoms with Crippen molar-refractivity contribution in [3.63, 3.8) is 0 Å². The van der Waals surface area contributed by atoms with Crippen LogP contribution in [0.2, 0.25) is 0 Å². The summed E-state index contributed by atoms with van der Waals surface area (Å²) < 4.78 is 23.8. The molecule has 0 bridgehead atoms. The Balaban J connectivity index is 2.00. The van der Waals surface area contributed by atoms with Crippen LogP contribution in [0.25, 0.3) is 0 Å². The number of sulfone groups is 1. The second kappa shape index (κ2) is 8.85. The first-order chi connectivity index (χ1) is 12.2. The van der Waals surface area contributed by atoms with Crippen LogP contribution in [0.5, 0.6) is 0 Å². The molecule has 3 N–H and O–H groups in total. The van der Waals surface area contributed by atoms with Gasteiger partial charge in [-0.25, -0.2) is 13.2 Å². The van der Waals surface area contributed by atoms with Crippen molar-refractivity contribution in [3.05, 3.63) is 28.7 Å². The molecule has 1 aromatic carbocycles. The van der Waals surface area contributed by atoms with Crippen LogP contribution in [-0.4, -0.2) is 43.9 Å². The van der Waals surface area contributed by atoms with Crippen LogP contribution in [0.3, 0.4) is 0 Å². The first-order valence-electron chi connectivity index (χ1n) is 8.54. The fourth-order valence-electron chi connectivity index (χ4n) is 2.77. The monoisotopic (exact) mass is 445 g/mol. The van der Waals surface area contributed by atoms with E-state index in [0.29, 0.717) is 18.5 Å². The highest BCUT2D eigenvalue weighted by molar-refractivity contribution is 9.10. The van der Waals surface area contributed by atoms with E-state index in [-0.39, 0.29) is 23.3 Å². The van der Waals surface area contributed by atoms with Gasteiger partial charge in [-0.1, -0.05) is 42.3 Å². The minimum Gasteiger partial charge on any atom is -0.334 e. The summed E-state index contributed by atoms with van der Waals surface area (Å²) in [5.41, 5.74) is 0.627. The molecule has 3 amide bonds. The number of hydrogen-bond acceptors (Lipinski definition) is 4. The fourth-order valence-corrected chi connectivity index (χ4v) is 4.84. The molecule has 0 saturated carbocycles. The molecule has 1 aliphatic heterocycles. The second-order valence-electron chi connectivity index (χ2n) is 6.58. The Kier molecular flexibility index (Phi) is 7.05. The predicted octanol–water partition coefficient (Wildman–Crippen LogP) is 2.29. The average Bonchev–Trinajstić information content (AvgIpc) is 2.90. The van der Waals surface area contributed by atoms with E-state index in [1.54, 1.807) is 18.2 Å². The molecule has 144 valence electrons. The molecule has 7 nitrogen and oxygen atoms in total. The molecule has 26 heavy (non-hydrogen) atoms. The van der Waals surface area contributed by atoms with Gasteiger partial charge in [0, 0.05) is 16.2 Å². The summed E-state index contributed by atoms with van der Waals surface area (Å²) >= 11 is 3.35. The largest absolute Gasteiger partial charge is 0.334 e. The highest BCUT2D eigenvalue weighted by Gasteiger charge is 2.31. The molecule has 1 aromatic rings. The minimum atomic E-state index is -3.08. The Morgan fingerprint density at radius 2 is 2.08 bits per heavy atom. The molecule has 0 aromatic heterocycles. The zero-order chi connectivity index (χ0) is 19.3. The summed E-state index contributed by atoms with van der Waals surface area (Å²) in [6, 6.07) is 5.53. The van der Waals surface area contributed by atoms with Gasteiger partial charge in [-0.2, -0.15) is 0 Å². The van der Waals surface area contributed by atoms with Crippen molar-refractivity contribution in [3.8, 4) is 0 Å². The number of hydrogen-bond donors (Lipinski definition) is 3. The molecular weight excluding hydrogens is 422 g/mol. The molecule has 1 unspecified atom stereocenters. The first kappa shape index (κ1) is 20.7. The average molecular weight is 446 g/mol. The smallest absolute Gasteiger partial charge is 0.315 e. The van der Waals surface area contributed by atoms with Gasteiger partial charge >= 0.3 is 6.03 Å². The number of urea groups is 1. The summed E-state index contributed by atoms with van der Waals surface area (Å²) in [6.45, 7) is 3.82. The van der Waals surface area contributed by atoms with Crippen molar-refractivity contribution in [2.75, 3.05) is 16.8 Å².